The lowest BCUT2D eigenvalue weighted by Gasteiger charge is -2.12. The third-order valence-electron chi connectivity index (χ3n) is 3.56. The normalized spacial score (nSPS) is 23.0. The first-order valence-corrected chi connectivity index (χ1v) is 7.08. The molecule has 2 atom stereocenters. The van der Waals surface area contributed by atoms with Crippen molar-refractivity contribution in [3.05, 3.63) is 12.3 Å². The number of rotatable bonds is 6. The zero-order valence-corrected chi connectivity index (χ0v) is 11.4. The van der Waals surface area contributed by atoms with E-state index < -0.39 is 0 Å². The molecule has 0 aromatic carbocycles. The van der Waals surface area contributed by atoms with Crippen LogP contribution in [0.1, 0.15) is 39.5 Å². The monoisotopic (exact) mass is 248 g/mol. The minimum atomic E-state index is 0.724. The Hall–Kier alpha value is -1.32. The van der Waals surface area contributed by atoms with Crippen molar-refractivity contribution in [2.75, 3.05) is 23.7 Å². The lowest BCUT2D eigenvalue weighted by molar-refractivity contribution is 0.536. The van der Waals surface area contributed by atoms with Gasteiger partial charge in [0.05, 0.1) is 0 Å². The second kappa shape index (κ2) is 6.57. The second-order valence-electron chi connectivity index (χ2n) is 5.36. The van der Waals surface area contributed by atoms with Gasteiger partial charge in [-0.05, 0) is 37.2 Å². The first-order chi connectivity index (χ1) is 8.78. The van der Waals surface area contributed by atoms with E-state index in [1.807, 2.05) is 12.3 Å². The van der Waals surface area contributed by atoms with Crippen LogP contribution in [0.25, 0.3) is 0 Å². The van der Waals surface area contributed by atoms with Gasteiger partial charge in [-0.2, -0.15) is 4.98 Å². The second-order valence-corrected chi connectivity index (χ2v) is 5.36. The summed E-state index contributed by atoms with van der Waals surface area (Å²) < 4.78 is 0. The number of nitrogens with one attached hydrogen (secondary N) is 2. The van der Waals surface area contributed by atoms with Crippen molar-refractivity contribution >= 4 is 11.8 Å². The van der Waals surface area contributed by atoms with Crippen LogP contribution in [0.3, 0.4) is 0 Å². The van der Waals surface area contributed by atoms with Gasteiger partial charge in [0.1, 0.15) is 5.82 Å². The number of hydrogen-bond donors (Lipinski definition) is 2. The third-order valence-corrected chi connectivity index (χ3v) is 3.56. The number of anilines is 2. The van der Waals surface area contributed by atoms with Gasteiger partial charge in [0.15, 0.2) is 0 Å². The first kappa shape index (κ1) is 13.1. The Labute approximate surface area is 110 Å². The van der Waals surface area contributed by atoms with Crippen LogP contribution in [0, 0.1) is 11.8 Å². The molecule has 100 valence electrons. The van der Waals surface area contributed by atoms with Crippen molar-refractivity contribution in [3.8, 4) is 0 Å². The van der Waals surface area contributed by atoms with Gasteiger partial charge in [-0.25, -0.2) is 4.98 Å². The van der Waals surface area contributed by atoms with E-state index in [1.165, 1.54) is 19.3 Å². The molecule has 2 rings (SSSR count). The Morgan fingerprint density at radius 1 is 1.33 bits per heavy atom. The molecule has 1 aliphatic carbocycles. The molecule has 0 aliphatic heterocycles. The van der Waals surface area contributed by atoms with Crippen molar-refractivity contribution in [2.24, 2.45) is 11.8 Å². The number of nitrogens with zero attached hydrogens (tertiary/aromatic N) is 2. The maximum atomic E-state index is 4.46. The van der Waals surface area contributed by atoms with E-state index >= 15 is 0 Å². The summed E-state index contributed by atoms with van der Waals surface area (Å²) in [6, 6.07) is 1.94. The molecular formula is C14H24N4. The van der Waals surface area contributed by atoms with E-state index in [9.17, 15) is 0 Å². The van der Waals surface area contributed by atoms with Gasteiger partial charge < -0.3 is 10.6 Å². The minimum absolute atomic E-state index is 0.724. The highest BCUT2D eigenvalue weighted by Crippen LogP contribution is 2.30. The van der Waals surface area contributed by atoms with E-state index in [0.29, 0.717) is 0 Å². The average molecular weight is 248 g/mol. The Morgan fingerprint density at radius 2 is 2.22 bits per heavy atom. The van der Waals surface area contributed by atoms with Gasteiger partial charge in [0, 0.05) is 19.3 Å². The van der Waals surface area contributed by atoms with Crippen molar-refractivity contribution in [1.29, 1.82) is 0 Å². The number of aromatic nitrogens is 2. The molecule has 0 bridgehead atoms. The summed E-state index contributed by atoms with van der Waals surface area (Å²) in [5, 5.41) is 6.64. The van der Waals surface area contributed by atoms with E-state index in [-0.39, 0.29) is 0 Å². The van der Waals surface area contributed by atoms with Gasteiger partial charge >= 0.3 is 0 Å². The molecule has 0 radical (unpaired) electrons. The van der Waals surface area contributed by atoms with Crippen LogP contribution in [0.15, 0.2) is 12.3 Å². The maximum absolute atomic E-state index is 4.46. The van der Waals surface area contributed by atoms with Gasteiger partial charge in [0.25, 0.3) is 0 Å². The fraction of sp³-hybridized carbons (Fsp3) is 0.714. The summed E-state index contributed by atoms with van der Waals surface area (Å²) in [4.78, 5) is 8.66. The van der Waals surface area contributed by atoms with Crippen LogP contribution in [0.4, 0.5) is 11.8 Å². The molecule has 1 fully saturated rings. The van der Waals surface area contributed by atoms with E-state index in [1.54, 1.807) is 0 Å². The molecule has 1 saturated carbocycles. The predicted molar refractivity (Wildman–Crippen MR) is 75.8 cm³/mol. The van der Waals surface area contributed by atoms with Gasteiger partial charge in [-0.1, -0.05) is 20.3 Å². The highest BCUT2D eigenvalue weighted by molar-refractivity contribution is 5.39. The lowest BCUT2D eigenvalue weighted by atomic mass is 10.1. The van der Waals surface area contributed by atoms with E-state index in [2.05, 4.69) is 34.4 Å². The van der Waals surface area contributed by atoms with Gasteiger partial charge in [-0.15, -0.1) is 0 Å². The Kier molecular flexibility index (Phi) is 4.79. The Bertz CT molecular complexity index is 367. The van der Waals surface area contributed by atoms with Crippen LogP contribution in [-0.4, -0.2) is 23.1 Å². The summed E-state index contributed by atoms with van der Waals surface area (Å²) in [5.41, 5.74) is 0. The zero-order chi connectivity index (χ0) is 12.8. The SMILES string of the molecule is CCCNc1nccc(NCC2CCC(C)C2)n1. The van der Waals surface area contributed by atoms with Gasteiger partial charge in [-0.3, -0.25) is 0 Å². The Morgan fingerprint density at radius 3 is 2.94 bits per heavy atom. The summed E-state index contributed by atoms with van der Waals surface area (Å²) in [6.07, 6.45) is 6.96. The molecule has 0 spiro atoms. The minimum Gasteiger partial charge on any atom is -0.370 e. The molecule has 1 heterocycles. The molecule has 1 aliphatic rings. The van der Waals surface area contributed by atoms with Crippen molar-refractivity contribution in [2.45, 2.75) is 39.5 Å². The highest BCUT2D eigenvalue weighted by Gasteiger charge is 2.20. The molecule has 1 aromatic heterocycles. The molecule has 4 heteroatoms. The van der Waals surface area contributed by atoms with Crippen LogP contribution in [-0.2, 0) is 0 Å². The molecule has 4 nitrogen and oxygen atoms in total. The van der Waals surface area contributed by atoms with Crippen LogP contribution in [0.2, 0.25) is 0 Å². The predicted octanol–water partition coefficient (Wildman–Crippen LogP) is 3.15. The standard InChI is InChI=1S/C14H24N4/c1-3-7-15-14-16-8-6-13(18-14)17-10-12-5-4-11(2)9-12/h6,8,11-12H,3-5,7,9-10H2,1-2H3,(H2,15,16,17,18). The quantitative estimate of drug-likeness (QED) is 0.812. The summed E-state index contributed by atoms with van der Waals surface area (Å²) >= 11 is 0. The molecular weight excluding hydrogens is 224 g/mol. The average Bonchev–Trinajstić information content (AvgIpc) is 2.80. The van der Waals surface area contributed by atoms with Crippen molar-refractivity contribution in [1.82, 2.24) is 9.97 Å². The van der Waals surface area contributed by atoms with Crippen LogP contribution in [0.5, 0.6) is 0 Å². The fourth-order valence-electron chi connectivity index (χ4n) is 2.54. The molecule has 2 unspecified atom stereocenters. The van der Waals surface area contributed by atoms with Crippen molar-refractivity contribution < 1.29 is 0 Å². The maximum Gasteiger partial charge on any atom is 0.224 e. The van der Waals surface area contributed by atoms with Crippen LogP contribution < -0.4 is 10.6 Å². The third kappa shape index (κ3) is 3.86. The topological polar surface area (TPSA) is 49.8 Å². The lowest BCUT2D eigenvalue weighted by Crippen LogP contribution is -2.13. The van der Waals surface area contributed by atoms with Crippen molar-refractivity contribution in [3.63, 3.8) is 0 Å². The summed E-state index contributed by atoms with van der Waals surface area (Å²) in [5.74, 6) is 3.36. The smallest absolute Gasteiger partial charge is 0.224 e. The zero-order valence-electron chi connectivity index (χ0n) is 11.4. The molecule has 0 saturated heterocycles. The van der Waals surface area contributed by atoms with E-state index in [4.69, 9.17) is 0 Å². The molecule has 18 heavy (non-hydrogen) atoms. The summed E-state index contributed by atoms with van der Waals surface area (Å²) in [6.45, 7) is 6.44. The molecule has 0 amide bonds. The summed E-state index contributed by atoms with van der Waals surface area (Å²) in [7, 11) is 0. The molecule has 2 N–H and O–H groups in total. The fourth-order valence-corrected chi connectivity index (χ4v) is 2.54. The number of hydrogen-bond acceptors (Lipinski definition) is 4. The van der Waals surface area contributed by atoms with Crippen LogP contribution >= 0.6 is 0 Å². The molecule has 1 aromatic rings. The van der Waals surface area contributed by atoms with Gasteiger partial charge in [0.2, 0.25) is 5.95 Å². The largest absolute Gasteiger partial charge is 0.370 e. The first-order valence-electron chi connectivity index (χ1n) is 7.08. The van der Waals surface area contributed by atoms with E-state index in [0.717, 1.165) is 43.1 Å². The Balaban J connectivity index is 1.81. The highest BCUT2D eigenvalue weighted by atomic mass is 15.1.